The molecule has 6 heteroatoms. The second-order valence-electron chi connectivity index (χ2n) is 5.73. The SMILES string of the molecule is O=C(COc1ccc(F)cc1F)N1CCC2(CCOC2)C1. The number of likely N-dealkylation sites (tertiary alicyclic amines) is 1. The quantitative estimate of drug-likeness (QED) is 0.856. The van der Waals surface area contributed by atoms with E-state index in [4.69, 9.17) is 9.47 Å². The standard InChI is InChI=1S/C15H17F2NO3/c16-11-1-2-13(12(17)7-11)21-8-14(19)18-5-3-15(9-18)4-6-20-10-15/h1-2,7H,3-6,8-10H2. The first kappa shape index (κ1) is 14.3. The third kappa shape index (κ3) is 3.00. The highest BCUT2D eigenvalue weighted by molar-refractivity contribution is 5.78. The molecule has 1 aromatic carbocycles. The highest BCUT2D eigenvalue weighted by atomic mass is 19.1. The lowest BCUT2D eigenvalue weighted by molar-refractivity contribution is -0.132. The largest absolute Gasteiger partial charge is 0.481 e. The van der Waals surface area contributed by atoms with Gasteiger partial charge in [-0.15, -0.1) is 0 Å². The Morgan fingerprint density at radius 2 is 2.24 bits per heavy atom. The normalized spacial score (nSPS) is 24.8. The third-order valence-corrected chi connectivity index (χ3v) is 4.22. The van der Waals surface area contributed by atoms with Crippen LogP contribution in [0.3, 0.4) is 0 Å². The lowest BCUT2D eigenvalue weighted by atomic mass is 9.87. The molecule has 114 valence electrons. The highest BCUT2D eigenvalue weighted by Crippen LogP contribution is 2.38. The molecule has 1 atom stereocenters. The molecule has 2 fully saturated rings. The first-order chi connectivity index (χ1) is 10.1. The summed E-state index contributed by atoms with van der Waals surface area (Å²) >= 11 is 0. The van der Waals surface area contributed by atoms with Gasteiger partial charge in [-0.3, -0.25) is 4.79 Å². The van der Waals surface area contributed by atoms with Crippen LogP contribution < -0.4 is 4.74 Å². The fourth-order valence-electron chi connectivity index (χ4n) is 2.94. The predicted octanol–water partition coefficient (Wildman–Crippen LogP) is 1.98. The van der Waals surface area contributed by atoms with Crippen LogP contribution in [-0.2, 0) is 9.53 Å². The van der Waals surface area contributed by atoms with Gasteiger partial charge in [0.15, 0.2) is 18.2 Å². The molecular formula is C15H17F2NO3. The maximum atomic E-state index is 13.4. The van der Waals surface area contributed by atoms with Crippen molar-refractivity contribution < 1.29 is 23.0 Å². The number of nitrogens with zero attached hydrogens (tertiary/aromatic N) is 1. The Hall–Kier alpha value is -1.69. The Labute approximate surface area is 121 Å². The molecule has 2 aliphatic rings. The van der Waals surface area contributed by atoms with Crippen LogP contribution in [0.1, 0.15) is 12.8 Å². The van der Waals surface area contributed by atoms with E-state index >= 15 is 0 Å². The Morgan fingerprint density at radius 3 is 2.95 bits per heavy atom. The van der Waals surface area contributed by atoms with Crippen LogP contribution in [0.15, 0.2) is 18.2 Å². The minimum Gasteiger partial charge on any atom is -0.481 e. The van der Waals surface area contributed by atoms with Crippen molar-refractivity contribution in [1.82, 2.24) is 4.90 Å². The van der Waals surface area contributed by atoms with Gasteiger partial charge in [-0.25, -0.2) is 8.78 Å². The molecule has 2 heterocycles. The van der Waals surface area contributed by atoms with Crippen molar-refractivity contribution in [2.45, 2.75) is 12.8 Å². The van der Waals surface area contributed by atoms with E-state index in [1.54, 1.807) is 4.90 Å². The zero-order valence-electron chi connectivity index (χ0n) is 11.6. The Morgan fingerprint density at radius 1 is 1.38 bits per heavy atom. The molecule has 0 aromatic heterocycles. The number of carbonyl (C=O) groups is 1. The molecule has 0 bridgehead atoms. The lowest BCUT2D eigenvalue weighted by Crippen LogP contribution is -2.35. The summed E-state index contributed by atoms with van der Waals surface area (Å²) in [5.41, 5.74) is 0.0940. The predicted molar refractivity (Wildman–Crippen MR) is 70.9 cm³/mol. The number of hydrogen-bond donors (Lipinski definition) is 0. The average molecular weight is 297 g/mol. The van der Waals surface area contributed by atoms with Crippen molar-refractivity contribution in [2.75, 3.05) is 32.9 Å². The van der Waals surface area contributed by atoms with Crippen LogP contribution in [0.2, 0.25) is 0 Å². The Kier molecular flexibility index (Phi) is 3.80. The van der Waals surface area contributed by atoms with Crippen LogP contribution in [0.4, 0.5) is 8.78 Å². The van der Waals surface area contributed by atoms with E-state index in [9.17, 15) is 13.6 Å². The molecule has 0 saturated carbocycles. The molecule has 1 amide bonds. The van der Waals surface area contributed by atoms with Crippen molar-refractivity contribution >= 4 is 5.91 Å². The molecule has 4 nitrogen and oxygen atoms in total. The van der Waals surface area contributed by atoms with Gasteiger partial charge in [0.05, 0.1) is 6.61 Å². The van der Waals surface area contributed by atoms with Gasteiger partial charge >= 0.3 is 0 Å². The summed E-state index contributed by atoms with van der Waals surface area (Å²) in [6, 6.07) is 3.03. The summed E-state index contributed by atoms with van der Waals surface area (Å²) in [4.78, 5) is 13.8. The number of halogens is 2. The second kappa shape index (κ2) is 5.60. The van der Waals surface area contributed by atoms with Crippen molar-refractivity contribution in [3.8, 4) is 5.75 Å². The van der Waals surface area contributed by atoms with Gasteiger partial charge in [0.2, 0.25) is 0 Å². The molecule has 0 aliphatic carbocycles. The van der Waals surface area contributed by atoms with Crippen LogP contribution in [0.25, 0.3) is 0 Å². The summed E-state index contributed by atoms with van der Waals surface area (Å²) in [6.45, 7) is 2.56. The van der Waals surface area contributed by atoms with Gasteiger partial charge in [-0.2, -0.15) is 0 Å². The lowest BCUT2D eigenvalue weighted by Gasteiger charge is -2.22. The summed E-state index contributed by atoms with van der Waals surface area (Å²) in [7, 11) is 0. The van der Waals surface area contributed by atoms with Gasteiger partial charge in [-0.05, 0) is 25.0 Å². The van der Waals surface area contributed by atoms with Crippen LogP contribution in [0.5, 0.6) is 5.75 Å². The number of rotatable bonds is 3. The van der Waals surface area contributed by atoms with Crippen molar-refractivity contribution in [1.29, 1.82) is 0 Å². The number of amides is 1. The maximum absolute atomic E-state index is 13.4. The van der Waals surface area contributed by atoms with E-state index in [0.29, 0.717) is 19.7 Å². The summed E-state index contributed by atoms with van der Waals surface area (Å²) in [5.74, 6) is -1.76. The highest BCUT2D eigenvalue weighted by Gasteiger charge is 2.42. The van der Waals surface area contributed by atoms with Crippen molar-refractivity contribution in [2.24, 2.45) is 5.41 Å². The number of hydrogen-bond acceptors (Lipinski definition) is 3. The summed E-state index contributed by atoms with van der Waals surface area (Å²) in [5, 5.41) is 0. The van der Waals surface area contributed by atoms with E-state index in [-0.39, 0.29) is 23.7 Å². The Bertz CT molecular complexity index is 544. The first-order valence-electron chi connectivity index (χ1n) is 7.01. The van der Waals surface area contributed by atoms with E-state index in [1.165, 1.54) is 6.07 Å². The first-order valence-corrected chi connectivity index (χ1v) is 7.01. The molecule has 3 rings (SSSR count). The van der Waals surface area contributed by atoms with Crippen molar-refractivity contribution in [3.63, 3.8) is 0 Å². The fourth-order valence-corrected chi connectivity index (χ4v) is 2.94. The van der Waals surface area contributed by atoms with Crippen LogP contribution in [-0.4, -0.2) is 43.7 Å². The minimum atomic E-state index is -0.801. The van der Waals surface area contributed by atoms with Gasteiger partial charge < -0.3 is 14.4 Å². The molecule has 2 saturated heterocycles. The summed E-state index contributed by atoms with van der Waals surface area (Å²) in [6.07, 6.45) is 1.91. The van der Waals surface area contributed by atoms with E-state index in [2.05, 4.69) is 0 Å². The maximum Gasteiger partial charge on any atom is 0.260 e. The zero-order valence-corrected chi connectivity index (χ0v) is 11.6. The summed E-state index contributed by atoms with van der Waals surface area (Å²) < 4.78 is 36.8. The van der Waals surface area contributed by atoms with E-state index in [1.807, 2.05) is 0 Å². The molecule has 1 aromatic rings. The third-order valence-electron chi connectivity index (χ3n) is 4.22. The van der Waals surface area contributed by atoms with Crippen molar-refractivity contribution in [3.05, 3.63) is 29.8 Å². The molecule has 21 heavy (non-hydrogen) atoms. The molecule has 0 N–H and O–H groups in total. The smallest absolute Gasteiger partial charge is 0.260 e. The minimum absolute atomic E-state index is 0.0940. The van der Waals surface area contributed by atoms with Gasteiger partial charge in [0.1, 0.15) is 5.82 Å². The van der Waals surface area contributed by atoms with Crippen LogP contribution in [0, 0.1) is 17.0 Å². The fraction of sp³-hybridized carbons (Fsp3) is 0.533. The molecule has 0 radical (unpaired) electrons. The number of benzene rings is 1. The number of ether oxygens (including phenoxy) is 2. The average Bonchev–Trinajstić information content (AvgIpc) is 3.08. The molecule has 2 aliphatic heterocycles. The van der Waals surface area contributed by atoms with E-state index in [0.717, 1.165) is 31.6 Å². The molecule has 1 unspecified atom stereocenters. The zero-order chi connectivity index (χ0) is 14.9. The number of carbonyl (C=O) groups excluding carboxylic acids is 1. The van der Waals surface area contributed by atoms with Gasteiger partial charge in [-0.1, -0.05) is 0 Å². The van der Waals surface area contributed by atoms with Gasteiger partial charge in [0.25, 0.3) is 5.91 Å². The van der Waals surface area contributed by atoms with E-state index < -0.39 is 11.6 Å². The second-order valence-corrected chi connectivity index (χ2v) is 5.73. The Balaban J connectivity index is 1.55. The molecule has 1 spiro atoms. The van der Waals surface area contributed by atoms with Crippen LogP contribution >= 0.6 is 0 Å². The topological polar surface area (TPSA) is 38.8 Å². The van der Waals surface area contributed by atoms with Gasteiger partial charge in [0, 0.05) is 31.2 Å². The molecular weight excluding hydrogens is 280 g/mol. The monoisotopic (exact) mass is 297 g/mol.